The summed E-state index contributed by atoms with van der Waals surface area (Å²) in [6, 6.07) is 13.2. The molecule has 0 spiro atoms. The summed E-state index contributed by atoms with van der Waals surface area (Å²) in [4.78, 5) is 24.3. The van der Waals surface area contributed by atoms with E-state index in [0.717, 1.165) is 12.1 Å². The summed E-state index contributed by atoms with van der Waals surface area (Å²) >= 11 is 0. The Labute approximate surface area is 163 Å². The number of anilines is 2. The monoisotopic (exact) mass is 403 g/mol. The van der Waals surface area contributed by atoms with Gasteiger partial charge in [-0.2, -0.15) is 13.2 Å². The highest BCUT2D eigenvalue weighted by atomic mass is 19.4. The van der Waals surface area contributed by atoms with E-state index >= 15 is 0 Å². The number of halogens is 3. The van der Waals surface area contributed by atoms with Crippen molar-refractivity contribution in [3.05, 3.63) is 83.8 Å². The Hall–Kier alpha value is -3.75. The van der Waals surface area contributed by atoms with Crippen LogP contribution in [0.3, 0.4) is 0 Å². The van der Waals surface area contributed by atoms with Gasteiger partial charge in [-0.1, -0.05) is 12.1 Å². The maximum Gasteiger partial charge on any atom is 0.416 e. The molecule has 0 aliphatic heterocycles. The van der Waals surface area contributed by atoms with Gasteiger partial charge < -0.3 is 20.4 Å². The summed E-state index contributed by atoms with van der Waals surface area (Å²) < 4.78 is 43.5. The van der Waals surface area contributed by atoms with E-state index in [4.69, 9.17) is 4.42 Å². The van der Waals surface area contributed by atoms with E-state index in [0.29, 0.717) is 11.4 Å². The molecule has 3 amide bonds. The van der Waals surface area contributed by atoms with Gasteiger partial charge in [-0.05, 0) is 48.5 Å². The number of urea groups is 1. The number of hydrogen-bond donors (Lipinski definition) is 3. The summed E-state index contributed by atoms with van der Waals surface area (Å²) in [5, 5.41) is 7.58. The molecule has 9 heteroatoms. The molecule has 0 radical (unpaired) electrons. The van der Waals surface area contributed by atoms with E-state index in [9.17, 15) is 22.8 Å². The van der Waals surface area contributed by atoms with Gasteiger partial charge in [0, 0.05) is 16.9 Å². The van der Waals surface area contributed by atoms with Crippen LogP contribution in [0.2, 0.25) is 0 Å². The molecule has 1 aromatic heterocycles. The molecule has 3 N–H and O–H groups in total. The standard InChI is InChI=1S/C20H16F3N3O3/c21-20(22,23)14-5-2-7-16(11-14)25-18(27)13-4-1-6-15(10-13)26-19(28)24-12-17-8-3-9-29-17/h1-11H,12H2,(H,25,27)(H2,24,26,28). The number of carbonyl (C=O) groups excluding carboxylic acids is 2. The molecule has 2 aromatic carbocycles. The summed E-state index contributed by atoms with van der Waals surface area (Å²) in [7, 11) is 0. The summed E-state index contributed by atoms with van der Waals surface area (Å²) in [5.41, 5.74) is -0.330. The second-order valence-electron chi connectivity index (χ2n) is 6.00. The lowest BCUT2D eigenvalue weighted by Crippen LogP contribution is -2.28. The summed E-state index contributed by atoms with van der Waals surface area (Å²) in [6.45, 7) is 0.189. The fourth-order valence-electron chi connectivity index (χ4n) is 2.47. The van der Waals surface area contributed by atoms with Crippen molar-refractivity contribution in [1.82, 2.24) is 5.32 Å². The van der Waals surface area contributed by atoms with Crippen LogP contribution >= 0.6 is 0 Å². The van der Waals surface area contributed by atoms with E-state index in [2.05, 4.69) is 16.0 Å². The van der Waals surface area contributed by atoms with Gasteiger partial charge in [0.15, 0.2) is 0 Å². The molecule has 0 unspecified atom stereocenters. The number of hydrogen-bond acceptors (Lipinski definition) is 3. The van der Waals surface area contributed by atoms with E-state index in [1.165, 1.54) is 30.5 Å². The zero-order chi connectivity index (χ0) is 20.9. The molecular formula is C20H16F3N3O3. The summed E-state index contributed by atoms with van der Waals surface area (Å²) in [6.07, 6.45) is -3.02. The molecule has 3 rings (SSSR count). The highest BCUT2D eigenvalue weighted by molar-refractivity contribution is 6.05. The number of furan rings is 1. The smallest absolute Gasteiger partial charge is 0.416 e. The highest BCUT2D eigenvalue weighted by Gasteiger charge is 2.30. The first-order valence-corrected chi connectivity index (χ1v) is 8.47. The van der Waals surface area contributed by atoms with Crippen molar-refractivity contribution in [2.75, 3.05) is 10.6 Å². The first-order chi connectivity index (χ1) is 13.8. The molecule has 0 fully saturated rings. The van der Waals surface area contributed by atoms with Crippen LogP contribution in [0.25, 0.3) is 0 Å². The normalized spacial score (nSPS) is 11.0. The lowest BCUT2D eigenvalue weighted by atomic mass is 10.1. The van der Waals surface area contributed by atoms with Crippen LogP contribution in [0.1, 0.15) is 21.7 Å². The zero-order valence-corrected chi connectivity index (χ0v) is 14.9. The predicted molar refractivity (Wildman–Crippen MR) is 100 cm³/mol. The first-order valence-electron chi connectivity index (χ1n) is 8.47. The van der Waals surface area contributed by atoms with Crippen molar-refractivity contribution in [3.63, 3.8) is 0 Å². The van der Waals surface area contributed by atoms with Crippen LogP contribution in [0, 0.1) is 0 Å². The van der Waals surface area contributed by atoms with Gasteiger partial charge in [0.25, 0.3) is 5.91 Å². The Balaban J connectivity index is 1.62. The van der Waals surface area contributed by atoms with E-state index in [1.807, 2.05) is 0 Å². The van der Waals surface area contributed by atoms with Crippen molar-refractivity contribution in [3.8, 4) is 0 Å². The lowest BCUT2D eigenvalue weighted by Gasteiger charge is -2.11. The van der Waals surface area contributed by atoms with Crippen molar-refractivity contribution < 1.29 is 27.2 Å². The van der Waals surface area contributed by atoms with Crippen LogP contribution in [-0.4, -0.2) is 11.9 Å². The van der Waals surface area contributed by atoms with Crippen LogP contribution in [-0.2, 0) is 12.7 Å². The average Bonchev–Trinajstić information content (AvgIpc) is 3.20. The third-order valence-electron chi connectivity index (χ3n) is 3.83. The Morgan fingerprint density at radius 1 is 0.897 bits per heavy atom. The Morgan fingerprint density at radius 2 is 1.62 bits per heavy atom. The fraction of sp³-hybridized carbons (Fsp3) is 0.100. The Morgan fingerprint density at radius 3 is 2.31 bits per heavy atom. The van der Waals surface area contributed by atoms with Gasteiger partial charge in [0.2, 0.25) is 0 Å². The summed E-state index contributed by atoms with van der Waals surface area (Å²) in [5.74, 6) is -0.0293. The maximum absolute atomic E-state index is 12.8. The van der Waals surface area contributed by atoms with Crippen molar-refractivity contribution in [2.24, 2.45) is 0 Å². The predicted octanol–water partition coefficient (Wildman–Crippen LogP) is 4.87. The van der Waals surface area contributed by atoms with Gasteiger partial charge in [-0.25, -0.2) is 4.79 Å². The van der Waals surface area contributed by atoms with Crippen LogP contribution < -0.4 is 16.0 Å². The number of alkyl halides is 3. The van der Waals surface area contributed by atoms with Crippen LogP contribution in [0.15, 0.2) is 71.3 Å². The molecule has 0 saturated heterocycles. The molecule has 0 aliphatic carbocycles. The lowest BCUT2D eigenvalue weighted by molar-refractivity contribution is -0.137. The van der Waals surface area contributed by atoms with Crippen LogP contribution in [0.5, 0.6) is 0 Å². The first kappa shape index (κ1) is 20.0. The zero-order valence-electron chi connectivity index (χ0n) is 14.9. The molecule has 0 aliphatic rings. The van der Waals surface area contributed by atoms with Gasteiger partial charge in [-0.15, -0.1) is 0 Å². The van der Waals surface area contributed by atoms with Gasteiger partial charge >= 0.3 is 12.2 Å². The molecule has 6 nitrogen and oxygen atoms in total. The number of nitrogens with one attached hydrogen (secondary N) is 3. The van der Waals surface area contributed by atoms with Gasteiger partial charge in [-0.3, -0.25) is 4.79 Å². The number of rotatable bonds is 5. The number of benzene rings is 2. The average molecular weight is 403 g/mol. The second kappa shape index (κ2) is 8.51. The molecule has 3 aromatic rings. The molecule has 0 bridgehead atoms. The van der Waals surface area contributed by atoms with E-state index < -0.39 is 23.7 Å². The molecule has 150 valence electrons. The largest absolute Gasteiger partial charge is 0.467 e. The molecule has 0 atom stereocenters. The topological polar surface area (TPSA) is 83.4 Å². The van der Waals surface area contributed by atoms with E-state index in [1.54, 1.807) is 24.3 Å². The molecule has 0 saturated carbocycles. The molecule has 29 heavy (non-hydrogen) atoms. The quantitative estimate of drug-likeness (QED) is 0.568. The minimum Gasteiger partial charge on any atom is -0.467 e. The van der Waals surface area contributed by atoms with Crippen molar-refractivity contribution in [2.45, 2.75) is 12.7 Å². The minimum atomic E-state index is -4.51. The number of carbonyl (C=O) groups is 2. The molecular weight excluding hydrogens is 387 g/mol. The third kappa shape index (κ3) is 5.61. The van der Waals surface area contributed by atoms with Crippen LogP contribution in [0.4, 0.5) is 29.3 Å². The second-order valence-corrected chi connectivity index (χ2v) is 6.00. The molecule has 1 heterocycles. The Bertz CT molecular complexity index is 1000. The highest BCUT2D eigenvalue weighted by Crippen LogP contribution is 2.30. The number of amides is 3. The fourth-order valence-corrected chi connectivity index (χ4v) is 2.47. The van der Waals surface area contributed by atoms with Gasteiger partial charge in [0.05, 0.1) is 18.4 Å². The van der Waals surface area contributed by atoms with Crippen molar-refractivity contribution in [1.29, 1.82) is 0 Å². The van der Waals surface area contributed by atoms with E-state index in [-0.39, 0.29) is 17.8 Å². The SMILES string of the molecule is O=C(NCc1ccco1)Nc1cccc(C(=O)Nc2cccc(C(F)(F)F)c2)c1. The van der Waals surface area contributed by atoms with Gasteiger partial charge in [0.1, 0.15) is 5.76 Å². The third-order valence-corrected chi connectivity index (χ3v) is 3.83. The maximum atomic E-state index is 12.8. The van der Waals surface area contributed by atoms with Crippen molar-refractivity contribution >= 4 is 23.3 Å². The minimum absolute atomic E-state index is 0.0133. The Kier molecular flexibility index (Phi) is 5.87.